The largest absolute Gasteiger partial charge is 0.485 e. The van der Waals surface area contributed by atoms with Crippen LogP contribution in [0.3, 0.4) is 0 Å². The number of hydrogen-bond acceptors (Lipinski definition) is 5. The van der Waals surface area contributed by atoms with Crippen LogP contribution >= 0.6 is 0 Å². The summed E-state index contributed by atoms with van der Waals surface area (Å²) >= 11 is 0. The van der Waals surface area contributed by atoms with E-state index in [-0.39, 0.29) is 12.0 Å². The maximum Gasteiger partial charge on any atom is 0.128 e. The molecule has 0 saturated carbocycles. The molecule has 1 fully saturated rings. The highest BCUT2D eigenvalue weighted by molar-refractivity contribution is 6.09. The molecule has 212 valence electrons. The molecule has 0 amide bonds. The summed E-state index contributed by atoms with van der Waals surface area (Å²) < 4.78 is 8.54. The molecule has 4 aromatic carbocycles. The number of allylic oxidation sites excluding steroid dienone is 1. The van der Waals surface area contributed by atoms with Gasteiger partial charge in [-0.1, -0.05) is 54.6 Å². The lowest BCUT2D eigenvalue weighted by Gasteiger charge is -2.26. The molecular formula is C37H31N3O3. The van der Waals surface area contributed by atoms with E-state index >= 15 is 0 Å². The lowest BCUT2D eigenvalue weighted by Crippen LogP contribution is -2.41. The molecule has 6 nitrogen and oxygen atoms in total. The van der Waals surface area contributed by atoms with Crippen LogP contribution in [0.4, 0.5) is 0 Å². The first kappa shape index (κ1) is 25.8. The van der Waals surface area contributed by atoms with Gasteiger partial charge in [-0.3, -0.25) is 0 Å². The second-order valence-corrected chi connectivity index (χ2v) is 12.5. The summed E-state index contributed by atoms with van der Waals surface area (Å²) in [7, 11) is 0. The summed E-state index contributed by atoms with van der Waals surface area (Å²) in [5.41, 5.74) is 6.46. The Morgan fingerprint density at radius 1 is 0.791 bits per heavy atom. The highest BCUT2D eigenvalue weighted by Gasteiger charge is 2.51. The fourth-order valence-electron chi connectivity index (χ4n) is 6.40. The first-order chi connectivity index (χ1) is 20.8. The minimum Gasteiger partial charge on any atom is -0.485 e. The van der Waals surface area contributed by atoms with Gasteiger partial charge in [-0.25, -0.2) is 9.68 Å². The molecule has 1 saturated heterocycles. The fourth-order valence-corrected chi connectivity index (χ4v) is 6.40. The Morgan fingerprint density at radius 3 is 2.14 bits per heavy atom. The van der Waals surface area contributed by atoms with Crippen molar-refractivity contribution in [3.63, 3.8) is 0 Å². The molecule has 0 N–H and O–H groups in total. The van der Waals surface area contributed by atoms with Crippen molar-refractivity contribution in [3.05, 3.63) is 120 Å². The Morgan fingerprint density at radius 2 is 1.47 bits per heavy atom. The van der Waals surface area contributed by atoms with Crippen LogP contribution in [0.1, 0.15) is 44.7 Å². The molecule has 1 aliphatic carbocycles. The van der Waals surface area contributed by atoms with Crippen molar-refractivity contribution >= 4 is 21.8 Å². The van der Waals surface area contributed by atoms with E-state index < -0.39 is 11.2 Å². The summed E-state index contributed by atoms with van der Waals surface area (Å²) in [6, 6.07) is 31.6. The molecule has 5 aromatic rings. The predicted molar refractivity (Wildman–Crippen MR) is 167 cm³/mol. The standard InChI is InChI=1S/C37H31N3O3/c1-36(2)37(3,4)43-40(42-36)24-17-19-35-29(21-24)28-20-23(16-18-34(28)41-35)25-12-9-15-33(30(25)22-38)39-31-13-7-5-10-26(31)27-11-6-8-14-32(27)39/h5-21,29,35H,1-4H3. The third-order valence-electron chi connectivity index (χ3n) is 9.36. The molecule has 2 atom stereocenters. The van der Waals surface area contributed by atoms with Crippen molar-refractivity contribution < 1.29 is 14.4 Å². The van der Waals surface area contributed by atoms with Gasteiger partial charge in [0.15, 0.2) is 0 Å². The predicted octanol–water partition coefficient (Wildman–Crippen LogP) is 8.36. The highest BCUT2D eigenvalue weighted by atomic mass is 17.0. The molecule has 2 aliphatic heterocycles. The molecule has 1 aromatic heterocycles. The Kier molecular flexibility index (Phi) is 5.46. The van der Waals surface area contributed by atoms with Crippen LogP contribution in [0.25, 0.3) is 38.6 Å². The van der Waals surface area contributed by atoms with Crippen molar-refractivity contribution in [3.8, 4) is 28.6 Å². The molecule has 0 bridgehead atoms. The number of rotatable bonds is 3. The number of ether oxygens (including phenoxy) is 1. The number of hydrogen-bond donors (Lipinski definition) is 0. The van der Waals surface area contributed by atoms with Gasteiger partial charge in [-0.15, -0.1) is 5.23 Å². The molecule has 2 unspecified atom stereocenters. The van der Waals surface area contributed by atoms with Gasteiger partial charge in [0.25, 0.3) is 0 Å². The Bertz CT molecular complexity index is 1990. The van der Waals surface area contributed by atoms with Crippen LogP contribution < -0.4 is 4.74 Å². The van der Waals surface area contributed by atoms with Crippen molar-refractivity contribution in [2.45, 2.75) is 50.9 Å². The van der Waals surface area contributed by atoms with E-state index in [4.69, 9.17) is 14.4 Å². The van der Waals surface area contributed by atoms with Crippen molar-refractivity contribution in [1.82, 2.24) is 9.79 Å². The average molecular weight is 566 g/mol. The van der Waals surface area contributed by atoms with E-state index in [1.54, 1.807) is 0 Å². The maximum absolute atomic E-state index is 10.6. The second kappa shape index (κ2) is 9.08. The van der Waals surface area contributed by atoms with Crippen LogP contribution in [0.15, 0.2) is 109 Å². The summed E-state index contributed by atoms with van der Waals surface area (Å²) in [6.45, 7) is 8.12. The SMILES string of the molecule is CC1(C)ON(C2=CC3c4cc(-c5cccc(-n6c7ccccc7c7ccccc76)c5C#N)ccc4OC3C=C2)OC1(C)C. The first-order valence-corrected chi connectivity index (χ1v) is 14.7. The molecule has 0 radical (unpaired) electrons. The summed E-state index contributed by atoms with van der Waals surface area (Å²) in [6.07, 6.45) is 6.09. The van der Waals surface area contributed by atoms with Gasteiger partial charge in [0, 0.05) is 27.8 Å². The van der Waals surface area contributed by atoms with E-state index in [1.807, 2.05) is 76.2 Å². The number of nitriles is 1. The first-order valence-electron chi connectivity index (χ1n) is 14.7. The Balaban J connectivity index is 1.22. The molecule has 0 spiro atoms. The zero-order valence-corrected chi connectivity index (χ0v) is 24.5. The average Bonchev–Trinajstić information content (AvgIpc) is 3.62. The fraction of sp³-hybridized carbons (Fsp3) is 0.216. The molecule has 3 aliphatic rings. The third-order valence-corrected chi connectivity index (χ3v) is 9.36. The Hall–Kier alpha value is -4.83. The summed E-state index contributed by atoms with van der Waals surface area (Å²) in [5.74, 6) is 0.835. The molecule has 6 heteroatoms. The van der Waals surface area contributed by atoms with Gasteiger partial charge in [0.1, 0.15) is 29.1 Å². The van der Waals surface area contributed by atoms with Gasteiger partial charge in [0.2, 0.25) is 0 Å². The maximum atomic E-state index is 10.6. The van der Waals surface area contributed by atoms with Crippen LogP contribution in [0, 0.1) is 11.3 Å². The van der Waals surface area contributed by atoms with Crippen molar-refractivity contribution in [2.75, 3.05) is 0 Å². The smallest absolute Gasteiger partial charge is 0.128 e. The number of para-hydroxylation sites is 2. The lowest BCUT2D eigenvalue weighted by molar-refractivity contribution is -0.300. The number of hydroxylamine groups is 2. The molecule has 8 rings (SSSR count). The van der Waals surface area contributed by atoms with Crippen LogP contribution in [-0.4, -0.2) is 27.1 Å². The van der Waals surface area contributed by atoms with Crippen LogP contribution in [0.5, 0.6) is 5.75 Å². The summed E-state index contributed by atoms with van der Waals surface area (Å²) in [5, 5.41) is 14.5. The van der Waals surface area contributed by atoms with Gasteiger partial charge in [-0.2, -0.15) is 5.26 Å². The zero-order valence-electron chi connectivity index (χ0n) is 24.5. The van der Waals surface area contributed by atoms with Gasteiger partial charge >= 0.3 is 0 Å². The number of benzene rings is 4. The van der Waals surface area contributed by atoms with Crippen molar-refractivity contribution in [2.24, 2.45) is 0 Å². The zero-order chi connectivity index (χ0) is 29.5. The van der Waals surface area contributed by atoms with Gasteiger partial charge < -0.3 is 9.30 Å². The minimum absolute atomic E-state index is 0.0139. The third kappa shape index (κ3) is 3.79. The van der Waals surface area contributed by atoms with Gasteiger partial charge in [-0.05, 0) is 81.8 Å². The monoisotopic (exact) mass is 565 g/mol. The van der Waals surface area contributed by atoms with Gasteiger partial charge in [0.05, 0.1) is 28.0 Å². The Labute approximate surface area is 250 Å². The van der Waals surface area contributed by atoms with Crippen molar-refractivity contribution in [1.29, 1.82) is 5.26 Å². The quantitative estimate of drug-likeness (QED) is 0.220. The number of aromatic nitrogens is 1. The van der Waals surface area contributed by atoms with Crippen LogP contribution in [-0.2, 0) is 9.68 Å². The van der Waals surface area contributed by atoms with E-state index in [0.717, 1.165) is 44.9 Å². The van der Waals surface area contributed by atoms with Crippen LogP contribution in [0.2, 0.25) is 0 Å². The lowest BCUT2D eigenvalue weighted by atomic mass is 9.88. The topological polar surface area (TPSA) is 59.7 Å². The number of fused-ring (bicyclic) bond motifs is 6. The molecule has 43 heavy (non-hydrogen) atoms. The van der Waals surface area contributed by atoms with E-state index in [0.29, 0.717) is 5.56 Å². The molecular weight excluding hydrogens is 534 g/mol. The molecule has 3 heterocycles. The summed E-state index contributed by atoms with van der Waals surface area (Å²) in [4.78, 5) is 12.4. The normalized spacial score (nSPS) is 21.4. The highest BCUT2D eigenvalue weighted by Crippen LogP contribution is 2.47. The van der Waals surface area contributed by atoms with E-state index in [2.05, 4.69) is 65.3 Å². The second-order valence-electron chi connectivity index (χ2n) is 12.5. The number of nitrogens with zero attached hydrogens (tertiary/aromatic N) is 3. The van der Waals surface area contributed by atoms with E-state index in [9.17, 15) is 5.26 Å². The van der Waals surface area contributed by atoms with E-state index in [1.165, 1.54) is 16.0 Å². The minimum atomic E-state index is -0.481.